The maximum Gasteiger partial charge on any atom is 0.269 e. The minimum Gasteiger partial charge on any atom is -0.454 e. The van der Waals surface area contributed by atoms with Crippen LogP contribution in [0.1, 0.15) is 17.2 Å². The van der Waals surface area contributed by atoms with E-state index in [0.717, 1.165) is 5.56 Å². The Morgan fingerprint density at radius 2 is 1.87 bits per heavy atom. The minimum atomic E-state index is -1.10. The lowest BCUT2D eigenvalue weighted by Gasteiger charge is -2.24. The molecule has 0 saturated heterocycles. The fourth-order valence-corrected chi connectivity index (χ4v) is 2.99. The van der Waals surface area contributed by atoms with Gasteiger partial charge in [-0.05, 0) is 35.4 Å². The van der Waals surface area contributed by atoms with Gasteiger partial charge in [-0.25, -0.2) is 0 Å². The van der Waals surface area contributed by atoms with Crippen molar-refractivity contribution >= 4 is 5.69 Å². The normalized spacial score (nSPS) is 15.6. The van der Waals surface area contributed by atoms with Gasteiger partial charge < -0.3 is 34.8 Å². The van der Waals surface area contributed by atoms with Crippen molar-refractivity contribution in [3.05, 3.63) is 63.7 Å². The lowest BCUT2D eigenvalue weighted by molar-refractivity contribution is -0.384. The third kappa shape index (κ3) is 5.65. The zero-order chi connectivity index (χ0) is 21.5. The molecule has 3 rings (SSSR count). The maximum atomic E-state index is 10.7. The number of benzene rings is 2. The number of nitrogens with zero attached hydrogens (tertiary/aromatic N) is 1. The van der Waals surface area contributed by atoms with Crippen LogP contribution in [0.5, 0.6) is 11.5 Å². The molecule has 0 spiro atoms. The van der Waals surface area contributed by atoms with Crippen LogP contribution < -0.4 is 14.8 Å². The van der Waals surface area contributed by atoms with Gasteiger partial charge in [0.25, 0.3) is 5.69 Å². The third-order valence-electron chi connectivity index (χ3n) is 4.65. The summed E-state index contributed by atoms with van der Waals surface area (Å²) < 4.78 is 16.1. The number of non-ortho nitro benzene ring substituents is 1. The highest BCUT2D eigenvalue weighted by Crippen LogP contribution is 2.32. The van der Waals surface area contributed by atoms with Gasteiger partial charge >= 0.3 is 0 Å². The Labute approximate surface area is 172 Å². The van der Waals surface area contributed by atoms with E-state index >= 15 is 0 Å². The highest BCUT2D eigenvalue weighted by molar-refractivity contribution is 5.44. The van der Waals surface area contributed by atoms with Gasteiger partial charge in [0.05, 0.1) is 43.0 Å². The second kappa shape index (κ2) is 10.3. The number of fused-ring (bicyclic) bond motifs is 1. The van der Waals surface area contributed by atoms with Crippen LogP contribution in [0.3, 0.4) is 0 Å². The number of nitro benzene ring substituents is 1. The molecule has 162 valence electrons. The summed E-state index contributed by atoms with van der Waals surface area (Å²) in [6, 6.07) is 10.1. The molecule has 2 aromatic rings. The van der Waals surface area contributed by atoms with Crippen molar-refractivity contribution in [1.29, 1.82) is 0 Å². The Bertz CT molecular complexity index is 845. The molecule has 3 atom stereocenters. The van der Waals surface area contributed by atoms with Crippen LogP contribution >= 0.6 is 0 Å². The van der Waals surface area contributed by atoms with Gasteiger partial charge in [0, 0.05) is 18.7 Å². The monoisotopic (exact) mass is 420 g/mol. The van der Waals surface area contributed by atoms with Gasteiger partial charge in [-0.2, -0.15) is 0 Å². The van der Waals surface area contributed by atoms with Crippen LogP contribution in [0.15, 0.2) is 42.5 Å². The summed E-state index contributed by atoms with van der Waals surface area (Å²) in [6.07, 6.45) is -1.96. The molecule has 4 N–H and O–H groups in total. The summed E-state index contributed by atoms with van der Waals surface area (Å²) >= 11 is 0. The number of hydrogen-bond acceptors (Lipinski definition) is 9. The molecule has 1 aliphatic rings. The molecule has 2 aromatic carbocycles. The van der Waals surface area contributed by atoms with Crippen molar-refractivity contribution in [2.75, 3.05) is 26.6 Å². The quantitative estimate of drug-likeness (QED) is 0.308. The maximum absolute atomic E-state index is 10.7. The van der Waals surface area contributed by atoms with Gasteiger partial charge in [0.1, 0.15) is 0 Å². The van der Waals surface area contributed by atoms with Crippen LogP contribution in [-0.4, -0.2) is 58.9 Å². The molecule has 0 radical (unpaired) electrons. The summed E-state index contributed by atoms with van der Waals surface area (Å²) in [5, 5.41) is 43.7. The van der Waals surface area contributed by atoms with Gasteiger partial charge in [0.15, 0.2) is 11.5 Å². The summed E-state index contributed by atoms with van der Waals surface area (Å²) in [7, 11) is 0. The van der Waals surface area contributed by atoms with Crippen LogP contribution in [0.25, 0.3) is 0 Å². The first-order valence-electron chi connectivity index (χ1n) is 9.39. The second-order valence-electron chi connectivity index (χ2n) is 6.85. The Morgan fingerprint density at radius 3 is 2.57 bits per heavy atom. The zero-order valence-electron chi connectivity index (χ0n) is 16.1. The Balaban J connectivity index is 1.43. The molecule has 0 saturated carbocycles. The average Bonchev–Trinajstić information content (AvgIpc) is 3.22. The minimum absolute atomic E-state index is 0.0488. The first-order valence-corrected chi connectivity index (χ1v) is 9.39. The fourth-order valence-electron chi connectivity index (χ4n) is 2.99. The van der Waals surface area contributed by atoms with Gasteiger partial charge in [-0.1, -0.05) is 6.07 Å². The third-order valence-corrected chi connectivity index (χ3v) is 4.65. The first-order chi connectivity index (χ1) is 14.5. The van der Waals surface area contributed by atoms with Crippen molar-refractivity contribution in [3.63, 3.8) is 0 Å². The predicted molar refractivity (Wildman–Crippen MR) is 105 cm³/mol. The van der Waals surface area contributed by atoms with E-state index in [4.69, 9.17) is 14.2 Å². The molecule has 0 aromatic heterocycles. The van der Waals surface area contributed by atoms with E-state index in [0.29, 0.717) is 17.1 Å². The molecule has 1 heterocycles. The van der Waals surface area contributed by atoms with Gasteiger partial charge in [-0.15, -0.1) is 0 Å². The van der Waals surface area contributed by atoms with Crippen molar-refractivity contribution in [2.45, 2.75) is 24.9 Å². The molecule has 0 fully saturated rings. The molecule has 0 bridgehead atoms. The van der Waals surface area contributed by atoms with Crippen LogP contribution in [0, 0.1) is 10.1 Å². The number of aliphatic hydroxyl groups is 3. The molecule has 0 amide bonds. The number of hydrogen-bond donors (Lipinski definition) is 4. The van der Waals surface area contributed by atoms with E-state index in [1.165, 1.54) is 24.3 Å². The van der Waals surface area contributed by atoms with Gasteiger partial charge in [0.2, 0.25) is 6.79 Å². The predicted octanol–water partition coefficient (Wildman–Crippen LogP) is 0.885. The van der Waals surface area contributed by atoms with E-state index in [2.05, 4.69) is 5.32 Å². The van der Waals surface area contributed by atoms with Gasteiger partial charge in [-0.3, -0.25) is 10.1 Å². The largest absolute Gasteiger partial charge is 0.454 e. The summed E-state index contributed by atoms with van der Waals surface area (Å²) in [5.41, 5.74) is 1.21. The van der Waals surface area contributed by atoms with Crippen LogP contribution in [-0.2, 0) is 11.3 Å². The van der Waals surface area contributed by atoms with E-state index in [1.807, 2.05) is 12.1 Å². The van der Waals surface area contributed by atoms with Crippen LogP contribution in [0.2, 0.25) is 0 Å². The topological polar surface area (TPSA) is 144 Å². The van der Waals surface area contributed by atoms with Crippen molar-refractivity contribution < 1.29 is 34.5 Å². The Morgan fingerprint density at radius 1 is 1.13 bits per heavy atom. The highest BCUT2D eigenvalue weighted by atomic mass is 16.7. The lowest BCUT2D eigenvalue weighted by atomic mass is 10.0. The van der Waals surface area contributed by atoms with Crippen molar-refractivity contribution in [1.82, 2.24) is 5.32 Å². The summed E-state index contributed by atoms with van der Waals surface area (Å²) in [5.74, 6) is 1.34. The number of aliphatic hydroxyl groups excluding tert-OH is 3. The number of rotatable bonds is 11. The Hall–Kier alpha value is -2.76. The molecule has 30 heavy (non-hydrogen) atoms. The van der Waals surface area contributed by atoms with Crippen LogP contribution in [0.4, 0.5) is 5.69 Å². The summed E-state index contributed by atoms with van der Waals surface area (Å²) in [4.78, 5) is 10.2. The number of ether oxygens (including phenoxy) is 3. The molecule has 0 unspecified atom stereocenters. The smallest absolute Gasteiger partial charge is 0.269 e. The Kier molecular flexibility index (Phi) is 7.55. The molecule has 0 aliphatic carbocycles. The first kappa shape index (κ1) is 21.9. The van der Waals surface area contributed by atoms with Crippen molar-refractivity contribution in [2.24, 2.45) is 0 Å². The van der Waals surface area contributed by atoms with E-state index < -0.39 is 23.2 Å². The fraction of sp³-hybridized carbons (Fsp3) is 0.400. The van der Waals surface area contributed by atoms with E-state index in [-0.39, 0.29) is 38.8 Å². The standard InChI is InChI=1S/C20H24N2O8/c23-9-17(20(25)14-2-4-15(5-3-14)22(26)27)21-8-16(24)11-28-10-13-1-6-18-19(7-13)30-12-29-18/h1-7,16-17,20-21,23-25H,8-12H2/t16-,17-,20+/m0/s1. The van der Waals surface area contributed by atoms with E-state index in [9.17, 15) is 25.4 Å². The highest BCUT2D eigenvalue weighted by Gasteiger charge is 2.22. The zero-order valence-corrected chi connectivity index (χ0v) is 16.1. The molecule has 10 heteroatoms. The lowest BCUT2D eigenvalue weighted by Crippen LogP contribution is -2.43. The molecular weight excluding hydrogens is 396 g/mol. The average molecular weight is 420 g/mol. The van der Waals surface area contributed by atoms with E-state index in [1.54, 1.807) is 6.07 Å². The molecule has 10 nitrogen and oxygen atoms in total. The number of nitrogens with one attached hydrogen (secondary N) is 1. The second-order valence-corrected chi connectivity index (χ2v) is 6.85. The molecular formula is C20H24N2O8. The van der Waals surface area contributed by atoms with Crippen molar-refractivity contribution in [3.8, 4) is 11.5 Å². The number of nitro groups is 1. The molecule has 1 aliphatic heterocycles. The SMILES string of the molecule is O=[N+]([O-])c1ccc([C@@H](O)[C@H](CO)NC[C@H](O)COCc2ccc3c(c2)OCO3)cc1. The summed E-state index contributed by atoms with van der Waals surface area (Å²) in [6.45, 7) is 0.219.